The molecule has 1 aromatic rings. The van der Waals surface area contributed by atoms with Gasteiger partial charge < -0.3 is 10.1 Å². The van der Waals surface area contributed by atoms with Gasteiger partial charge in [0.05, 0.1) is 0 Å². The molecule has 0 aliphatic carbocycles. The van der Waals surface area contributed by atoms with Gasteiger partial charge in [0.1, 0.15) is 5.60 Å². The number of carbonyl (C=O) groups excluding carboxylic acids is 1. The van der Waals surface area contributed by atoms with Crippen molar-refractivity contribution in [3.8, 4) is 0 Å². The molecular formula is C14H21NO2. The minimum absolute atomic E-state index is 0.281. The highest BCUT2D eigenvalue weighted by Crippen LogP contribution is 2.13. The molecule has 3 nitrogen and oxygen atoms in total. The first-order valence-corrected chi connectivity index (χ1v) is 5.90. The summed E-state index contributed by atoms with van der Waals surface area (Å²) in [7, 11) is 0. The molecule has 0 heterocycles. The molecule has 3 heteroatoms. The van der Waals surface area contributed by atoms with E-state index in [1.54, 1.807) is 0 Å². The Morgan fingerprint density at radius 1 is 1.29 bits per heavy atom. The van der Waals surface area contributed by atoms with Crippen molar-refractivity contribution in [2.45, 2.75) is 39.2 Å². The third-order valence-corrected chi connectivity index (χ3v) is 2.32. The highest BCUT2D eigenvalue weighted by molar-refractivity contribution is 5.67. The van der Waals surface area contributed by atoms with Crippen LogP contribution in [0.4, 0.5) is 4.79 Å². The molecule has 0 fully saturated rings. The van der Waals surface area contributed by atoms with Crippen LogP contribution in [0.2, 0.25) is 0 Å². The van der Waals surface area contributed by atoms with E-state index < -0.39 is 5.60 Å². The summed E-state index contributed by atoms with van der Waals surface area (Å²) in [6, 6.07) is 10.1. The number of hydrogen-bond donors (Lipinski definition) is 1. The third kappa shape index (κ3) is 5.38. The maximum atomic E-state index is 11.5. The summed E-state index contributed by atoms with van der Waals surface area (Å²) in [6.45, 7) is 8.22. The Morgan fingerprint density at radius 2 is 1.88 bits per heavy atom. The topological polar surface area (TPSA) is 38.3 Å². The second-order valence-electron chi connectivity index (χ2n) is 5.19. The molecule has 0 radical (unpaired) electrons. The van der Waals surface area contributed by atoms with E-state index in [1.165, 1.54) is 5.56 Å². The zero-order chi connectivity index (χ0) is 12.9. The van der Waals surface area contributed by atoms with Gasteiger partial charge in [-0.05, 0) is 32.3 Å². The summed E-state index contributed by atoms with van der Waals surface area (Å²) in [5.41, 5.74) is 0.767. The van der Waals surface area contributed by atoms with Crippen LogP contribution < -0.4 is 5.32 Å². The van der Waals surface area contributed by atoms with Crippen molar-refractivity contribution in [1.29, 1.82) is 0 Å². The highest BCUT2D eigenvalue weighted by Gasteiger charge is 2.16. The summed E-state index contributed by atoms with van der Waals surface area (Å²) < 4.78 is 5.17. The SMILES string of the molecule is C[C@H](CNC(=O)OC(C)(C)C)c1ccccc1. The zero-order valence-corrected chi connectivity index (χ0v) is 11.0. The van der Waals surface area contributed by atoms with Gasteiger partial charge in [-0.3, -0.25) is 0 Å². The van der Waals surface area contributed by atoms with Gasteiger partial charge in [0, 0.05) is 6.54 Å². The number of rotatable bonds is 3. The smallest absolute Gasteiger partial charge is 0.407 e. The van der Waals surface area contributed by atoms with E-state index in [1.807, 2.05) is 39.0 Å². The van der Waals surface area contributed by atoms with Gasteiger partial charge in [-0.15, -0.1) is 0 Å². The molecule has 1 amide bonds. The molecule has 1 N–H and O–H groups in total. The van der Waals surface area contributed by atoms with Gasteiger partial charge in [-0.1, -0.05) is 37.3 Å². The molecule has 0 aromatic heterocycles. The van der Waals surface area contributed by atoms with Crippen LogP contribution in [0.5, 0.6) is 0 Å². The molecule has 1 rings (SSSR count). The van der Waals surface area contributed by atoms with Crippen LogP contribution in [-0.2, 0) is 4.74 Å². The second kappa shape index (κ2) is 5.71. The first-order valence-electron chi connectivity index (χ1n) is 5.90. The highest BCUT2D eigenvalue weighted by atomic mass is 16.6. The van der Waals surface area contributed by atoms with Crippen molar-refractivity contribution in [2.24, 2.45) is 0 Å². The minimum Gasteiger partial charge on any atom is -0.444 e. The monoisotopic (exact) mass is 235 g/mol. The Hall–Kier alpha value is -1.51. The number of hydrogen-bond acceptors (Lipinski definition) is 2. The number of amides is 1. The van der Waals surface area contributed by atoms with Crippen LogP contribution in [0, 0.1) is 0 Å². The van der Waals surface area contributed by atoms with E-state index in [0.29, 0.717) is 6.54 Å². The average Bonchev–Trinajstić information content (AvgIpc) is 2.25. The van der Waals surface area contributed by atoms with Gasteiger partial charge in [0.2, 0.25) is 0 Å². The van der Waals surface area contributed by atoms with Crippen molar-refractivity contribution < 1.29 is 9.53 Å². The lowest BCUT2D eigenvalue weighted by Crippen LogP contribution is -2.34. The Labute approximate surface area is 103 Å². The largest absolute Gasteiger partial charge is 0.444 e. The lowest BCUT2D eigenvalue weighted by Gasteiger charge is -2.20. The Bertz CT molecular complexity index is 354. The van der Waals surface area contributed by atoms with Crippen molar-refractivity contribution in [2.75, 3.05) is 6.54 Å². The fraction of sp³-hybridized carbons (Fsp3) is 0.500. The average molecular weight is 235 g/mol. The molecule has 0 bridgehead atoms. The van der Waals surface area contributed by atoms with Gasteiger partial charge in [-0.2, -0.15) is 0 Å². The van der Waals surface area contributed by atoms with Crippen molar-refractivity contribution in [1.82, 2.24) is 5.32 Å². The quantitative estimate of drug-likeness (QED) is 0.872. The molecule has 1 atom stereocenters. The Balaban J connectivity index is 2.39. The molecule has 0 aliphatic rings. The van der Waals surface area contributed by atoms with Crippen LogP contribution in [0.1, 0.15) is 39.2 Å². The van der Waals surface area contributed by atoms with Crippen LogP contribution in [0.3, 0.4) is 0 Å². The summed E-state index contributed by atoms with van der Waals surface area (Å²) in [4.78, 5) is 11.5. The fourth-order valence-corrected chi connectivity index (χ4v) is 1.45. The number of ether oxygens (including phenoxy) is 1. The molecule has 0 saturated heterocycles. The Morgan fingerprint density at radius 3 is 2.41 bits per heavy atom. The van der Waals surface area contributed by atoms with Crippen molar-refractivity contribution in [3.63, 3.8) is 0 Å². The predicted molar refractivity (Wildman–Crippen MR) is 69.1 cm³/mol. The molecule has 0 spiro atoms. The first-order chi connectivity index (χ1) is 7.88. The van der Waals surface area contributed by atoms with Gasteiger partial charge >= 0.3 is 6.09 Å². The fourth-order valence-electron chi connectivity index (χ4n) is 1.45. The van der Waals surface area contributed by atoms with Gasteiger partial charge in [-0.25, -0.2) is 4.79 Å². The first kappa shape index (κ1) is 13.6. The maximum absolute atomic E-state index is 11.5. The third-order valence-electron chi connectivity index (χ3n) is 2.32. The predicted octanol–water partition coefficient (Wildman–Crippen LogP) is 3.31. The maximum Gasteiger partial charge on any atom is 0.407 e. The molecular weight excluding hydrogens is 214 g/mol. The number of nitrogens with one attached hydrogen (secondary N) is 1. The van der Waals surface area contributed by atoms with E-state index in [-0.39, 0.29) is 12.0 Å². The summed E-state index contributed by atoms with van der Waals surface area (Å²) in [5, 5.41) is 2.78. The van der Waals surface area contributed by atoms with Crippen LogP contribution in [0.25, 0.3) is 0 Å². The number of carbonyl (C=O) groups is 1. The van der Waals surface area contributed by atoms with Crippen molar-refractivity contribution >= 4 is 6.09 Å². The van der Waals surface area contributed by atoms with Gasteiger partial charge in [0.25, 0.3) is 0 Å². The van der Waals surface area contributed by atoms with E-state index in [9.17, 15) is 4.79 Å². The van der Waals surface area contributed by atoms with E-state index in [2.05, 4.69) is 24.4 Å². The summed E-state index contributed by atoms with van der Waals surface area (Å²) in [6.07, 6.45) is -0.361. The zero-order valence-electron chi connectivity index (χ0n) is 11.0. The minimum atomic E-state index is -0.444. The molecule has 0 aliphatic heterocycles. The summed E-state index contributed by atoms with van der Waals surface area (Å²) >= 11 is 0. The van der Waals surface area contributed by atoms with Crippen LogP contribution in [0.15, 0.2) is 30.3 Å². The van der Waals surface area contributed by atoms with E-state index in [0.717, 1.165) is 0 Å². The number of benzene rings is 1. The lowest BCUT2D eigenvalue weighted by molar-refractivity contribution is 0.0525. The van der Waals surface area contributed by atoms with Crippen molar-refractivity contribution in [3.05, 3.63) is 35.9 Å². The van der Waals surface area contributed by atoms with Crippen LogP contribution >= 0.6 is 0 Å². The molecule has 17 heavy (non-hydrogen) atoms. The second-order valence-corrected chi connectivity index (χ2v) is 5.19. The lowest BCUT2D eigenvalue weighted by atomic mass is 10.0. The normalized spacial score (nSPS) is 12.9. The van der Waals surface area contributed by atoms with Crippen LogP contribution in [-0.4, -0.2) is 18.2 Å². The van der Waals surface area contributed by atoms with E-state index >= 15 is 0 Å². The standard InChI is InChI=1S/C14H21NO2/c1-11(12-8-6-5-7-9-12)10-15-13(16)17-14(2,3)4/h5-9,11H,10H2,1-4H3,(H,15,16)/t11-/m1/s1. The number of alkyl carbamates (subject to hydrolysis) is 1. The summed E-state index contributed by atoms with van der Waals surface area (Å²) in [5.74, 6) is 0.281. The van der Waals surface area contributed by atoms with E-state index in [4.69, 9.17) is 4.74 Å². The molecule has 94 valence electrons. The Kier molecular flexibility index (Phi) is 4.55. The van der Waals surface area contributed by atoms with Gasteiger partial charge in [0.15, 0.2) is 0 Å². The molecule has 0 saturated carbocycles. The molecule has 0 unspecified atom stereocenters. The molecule has 1 aromatic carbocycles.